The molecule has 0 aliphatic rings. The number of pyridine rings is 1. The third-order valence-corrected chi connectivity index (χ3v) is 4.02. The highest BCUT2D eigenvalue weighted by atomic mass is 19.4. The van der Waals surface area contributed by atoms with E-state index >= 15 is 0 Å². The van der Waals surface area contributed by atoms with Crippen LogP contribution in [0.5, 0.6) is 5.75 Å². The van der Waals surface area contributed by atoms with Gasteiger partial charge < -0.3 is 14.4 Å². The quantitative estimate of drug-likeness (QED) is 0.692. The largest absolute Gasteiger partial charge is 0.497 e. The van der Waals surface area contributed by atoms with Crippen LogP contribution in [0.3, 0.4) is 0 Å². The third-order valence-electron chi connectivity index (χ3n) is 4.02. The first-order valence-electron chi connectivity index (χ1n) is 7.76. The molecular formula is C17H18F3N3O2. The van der Waals surface area contributed by atoms with Gasteiger partial charge in [-0.3, -0.25) is 5.32 Å². The smallest absolute Gasteiger partial charge is 0.435 e. The lowest BCUT2D eigenvalue weighted by Gasteiger charge is -2.13. The molecule has 0 aliphatic carbocycles. The second-order valence-electron chi connectivity index (χ2n) is 5.72. The van der Waals surface area contributed by atoms with Gasteiger partial charge in [0.2, 0.25) is 0 Å². The van der Waals surface area contributed by atoms with Crippen molar-refractivity contribution in [3.05, 3.63) is 36.2 Å². The van der Waals surface area contributed by atoms with Crippen LogP contribution < -0.4 is 10.1 Å². The lowest BCUT2D eigenvalue weighted by molar-refractivity contribution is -0.140. The number of aromatic nitrogens is 2. The van der Waals surface area contributed by atoms with E-state index in [0.29, 0.717) is 28.6 Å². The summed E-state index contributed by atoms with van der Waals surface area (Å²) in [5, 5.41) is 13.3. The molecule has 25 heavy (non-hydrogen) atoms. The first kappa shape index (κ1) is 17.5. The number of rotatable bonds is 5. The minimum Gasteiger partial charge on any atom is -0.497 e. The molecule has 0 saturated carbocycles. The van der Waals surface area contributed by atoms with E-state index in [-0.39, 0.29) is 12.1 Å². The predicted molar refractivity (Wildman–Crippen MR) is 88.5 cm³/mol. The number of aliphatic hydroxyl groups is 1. The SMILES string of the molecule is COc1ccc2c3ccnc(C(F)(F)F)c3n(CCNC(C)O)c2c1. The van der Waals surface area contributed by atoms with Crippen LogP contribution in [0.4, 0.5) is 13.2 Å². The maximum Gasteiger partial charge on any atom is 0.435 e. The molecular weight excluding hydrogens is 335 g/mol. The van der Waals surface area contributed by atoms with E-state index in [2.05, 4.69) is 10.3 Å². The molecule has 2 heterocycles. The monoisotopic (exact) mass is 353 g/mol. The van der Waals surface area contributed by atoms with Crippen molar-refractivity contribution in [1.29, 1.82) is 0 Å². The van der Waals surface area contributed by atoms with Gasteiger partial charge in [0.25, 0.3) is 0 Å². The molecule has 5 nitrogen and oxygen atoms in total. The Morgan fingerprint density at radius 3 is 2.68 bits per heavy atom. The minimum absolute atomic E-state index is 0.0330. The molecule has 1 unspecified atom stereocenters. The average molecular weight is 353 g/mol. The van der Waals surface area contributed by atoms with Gasteiger partial charge in [-0.15, -0.1) is 0 Å². The second kappa shape index (κ2) is 6.53. The van der Waals surface area contributed by atoms with Crippen molar-refractivity contribution in [3.63, 3.8) is 0 Å². The average Bonchev–Trinajstić information content (AvgIpc) is 2.87. The van der Waals surface area contributed by atoms with Crippen molar-refractivity contribution in [1.82, 2.24) is 14.9 Å². The van der Waals surface area contributed by atoms with Gasteiger partial charge in [0.15, 0.2) is 5.69 Å². The number of halogens is 3. The first-order chi connectivity index (χ1) is 11.8. The summed E-state index contributed by atoms with van der Waals surface area (Å²) in [6.45, 7) is 2.10. The van der Waals surface area contributed by atoms with Gasteiger partial charge in [-0.25, -0.2) is 4.98 Å². The maximum atomic E-state index is 13.5. The number of fused-ring (bicyclic) bond motifs is 3. The summed E-state index contributed by atoms with van der Waals surface area (Å²) in [5.74, 6) is 0.557. The van der Waals surface area contributed by atoms with Crippen LogP contribution >= 0.6 is 0 Å². The molecule has 8 heteroatoms. The normalized spacial score (nSPS) is 13.5. The zero-order valence-electron chi connectivity index (χ0n) is 13.8. The third kappa shape index (κ3) is 3.27. The lowest BCUT2D eigenvalue weighted by Crippen LogP contribution is -2.29. The number of benzene rings is 1. The molecule has 2 N–H and O–H groups in total. The molecule has 2 aromatic heterocycles. The summed E-state index contributed by atoms with van der Waals surface area (Å²) in [6.07, 6.45) is -4.14. The topological polar surface area (TPSA) is 59.3 Å². The number of methoxy groups -OCH3 is 1. The highest BCUT2D eigenvalue weighted by molar-refractivity contribution is 6.09. The van der Waals surface area contributed by atoms with Crippen LogP contribution in [-0.2, 0) is 12.7 Å². The van der Waals surface area contributed by atoms with Crippen molar-refractivity contribution in [2.24, 2.45) is 0 Å². The van der Waals surface area contributed by atoms with E-state index in [1.807, 2.05) is 0 Å². The Labute approximate surface area is 142 Å². The molecule has 3 rings (SSSR count). The summed E-state index contributed by atoms with van der Waals surface area (Å²) in [4.78, 5) is 3.57. The summed E-state index contributed by atoms with van der Waals surface area (Å²) < 4.78 is 47.2. The van der Waals surface area contributed by atoms with Gasteiger partial charge in [0.05, 0.1) is 18.1 Å². The Kier molecular flexibility index (Phi) is 4.57. The van der Waals surface area contributed by atoms with E-state index < -0.39 is 18.1 Å². The van der Waals surface area contributed by atoms with Gasteiger partial charge in [0.1, 0.15) is 12.0 Å². The molecule has 0 saturated heterocycles. The predicted octanol–water partition coefficient (Wildman–Crippen LogP) is 3.14. The molecule has 3 aromatic rings. The molecule has 0 radical (unpaired) electrons. The Morgan fingerprint density at radius 2 is 2.04 bits per heavy atom. The van der Waals surface area contributed by atoms with Gasteiger partial charge in [-0.1, -0.05) is 0 Å². The lowest BCUT2D eigenvalue weighted by atomic mass is 10.1. The molecule has 0 aliphatic heterocycles. The fourth-order valence-corrected chi connectivity index (χ4v) is 2.98. The number of hydrogen-bond donors (Lipinski definition) is 2. The fourth-order valence-electron chi connectivity index (χ4n) is 2.98. The highest BCUT2D eigenvalue weighted by Crippen LogP contribution is 2.38. The zero-order chi connectivity index (χ0) is 18.2. The molecule has 1 atom stereocenters. The van der Waals surface area contributed by atoms with Crippen molar-refractivity contribution in [2.45, 2.75) is 25.9 Å². The van der Waals surface area contributed by atoms with Crippen molar-refractivity contribution >= 4 is 21.8 Å². The molecule has 0 bridgehead atoms. The number of alkyl halides is 3. The highest BCUT2D eigenvalue weighted by Gasteiger charge is 2.36. The molecule has 134 valence electrons. The second-order valence-corrected chi connectivity index (χ2v) is 5.72. The van der Waals surface area contributed by atoms with E-state index in [9.17, 15) is 18.3 Å². The van der Waals surface area contributed by atoms with Crippen LogP contribution in [0.25, 0.3) is 21.8 Å². The Balaban J connectivity index is 2.28. The summed E-state index contributed by atoms with van der Waals surface area (Å²) in [5.41, 5.74) is -0.261. The van der Waals surface area contributed by atoms with Crippen molar-refractivity contribution in [2.75, 3.05) is 13.7 Å². The van der Waals surface area contributed by atoms with Crippen molar-refractivity contribution in [3.8, 4) is 5.75 Å². The van der Waals surface area contributed by atoms with E-state index in [1.165, 1.54) is 13.3 Å². The van der Waals surface area contributed by atoms with Crippen LogP contribution in [0.1, 0.15) is 12.6 Å². The maximum absolute atomic E-state index is 13.5. The first-order valence-corrected chi connectivity index (χ1v) is 7.76. The Hall–Kier alpha value is -2.32. The fraction of sp³-hybridized carbons (Fsp3) is 0.353. The van der Waals surface area contributed by atoms with Gasteiger partial charge in [-0.2, -0.15) is 13.2 Å². The number of hydrogen-bond acceptors (Lipinski definition) is 4. The number of nitrogens with zero attached hydrogens (tertiary/aromatic N) is 2. The number of nitrogens with one attached hydrogen (secondary N) is 1. The Morgan fingerprint density at radius 1 is 1.28 bits per heavy atom. The van der Waals surface area contributed by atoms with Crippen molar-refractivity contribution < 1.29 is 23.0 Å². The van der Waals surface area contributed by atoms with Gasteiger partial charge >= 0.3 is 6.18 Å². The van der Waals surface area contributed by atoms with Crippen LogP contribution in [0.15, 0.2) is 30.5 Å². The van der Waals surface area contributed by atoms with E-state index in [4.69, 9.17) is 4.74 Å². The standard InChI is InChI=1S/C17H18F3N3O2/c1-10(24)21-7-8-23-14-9-11(25-2)3-4-12(14)13-5-6-22-16(15(13)23)17(18,19)20/h3-6,9-10,21,24H,7-8H2,1-2H3. The van der Waals surface area contributed by atoms with Crippen LogP contribution in [0.2, 0.25) is 0 Å². The summed E-state index contributed by atoms with van der Waals surface area (Å²) >= 11 is 0. The van der Waals surface area contributed by atoms with Gasteiger partial charge in [-0.05, 0) is 25.1 Å². The Bertz CT molecular complexity index is 903. The van der Waals surface area contributed by atoms with Gasteiger partial charge in [0, 0.05) is 36.1 Å². The van der Waals surface area contributed by atoms with Crippen LogP contribution in [-0.4, -0.2) is 34.5 Å². The van der Waals surface area contributed by atoms with Crippen LogP contribution in [0, 0.1) is 0 Å². The zero-order valence-corrected chi connectivity index (χ0v) is 13.8. The number of ether oxygens (including phenoxy) is 1. The summed E-state index contributed by atoms with van der Waals surface area (Å²) in [7, 11) is 1.51. The summed E-state index contributed by atoms with van der Waals surface area (Å²) in [6, 6.07) is 6.75. The molecule has 0 spiro atoms. The number of aliphatic hydroxyl groups excluding tert-OH is 1. The molecule has 0 amide bonds. The molecule has 0 fully saturated rings. The minimum atomic E-state index is -4.56. The van der Waals surface area contributed by atoms with E-state index in [0.717, 1.165) is 0 Å². The van der Waals surface area contributed by atoms with E-state index in [1.54, 1.807) is 35.8 Å². The molecule has 1 aromatic carbocycles.